The molecule has 0 aromatic heterocycles. The number of rotatable bonds is 6. The van der Waals surface area contributed by atoms with Gasteiger partial charge in [-0.15, -0.1) is 6.58 Å². The fraction of sp³-hybridized carbons (Fsp3) is 0.286. The zero-order valence-corrected chi connectivity index (χ0v) is 9.12. The highest BCUT2D eigenvalue weighted by Crippen LogP contribution is 2.39. The molecule has 0 heterocycles. The minimum absolute atomic E-state index is 0.0720. The first-order valence-electron chi connectivity index (χ1n) is 3.69. The number of carboxylic acids is 1. The van der Waals surface area contributed by atoms with Gasteiger partial charge in [0.25, 0.3) is 6.64 Å². The Hall–Kier alpha value is -0.520. The van der Waals surface area contributed by atoms with Crippen molar-refractivity contribution in [3.8, 4) is 0 Å². The van der Waals surface area contributed by atoms with E-state index in [1.54, 1.807) is 0 Å². The minimum atomic E-state index is -3.50. The normalized spacial score (nSPS) is 12.2. The van der Waals surface area contributed by atoms with Gasteiger partial charge in [0.1, 0.15) is 0 Å². The van der Waals surface area contributed by atoms with Crippen LogP contribution in [0.4, 0.5) is 0 Å². The van der Waals surface area contributed by atoms with Crippen LogP contribution in [0.25, 0.3) is 0 Å². The van der Waals surface area contributed by atoms with Gasteiger partial charge in [-0.2, -0.15) is 0 Å². The Morgan fingerprint density at radius 1 is 1.50 bits per heavy atom. The molecule has 5 nitrogen and oxygen atoms in total. The van der Waals surface area contributed by atoms with Crippen molar-refractivity contribution in [2.75, 3.05) is 13.1 Å². The number of hydrogen-bond acceptors (Lipinski definition) is 2. The summed E-state index contributed by atoms with van der Waals surface area (Å²) < 4.78 is 1.18. The van der Waals surface area contributed by atoms with Gasteiger partial charge in [-0.1, -0.05) is 12.2 Å². The van der Waals surface area contributed by atoms with E-state index >= 15 is 0 Å². The molecule has 0 amide bonds. The highest BCUT2D eigenvalue weighted by atomic mass is 32.5. The van der Waals surface area contributed by atoms with Crippen LogP contribution in [0.1, 0.15) is 0 Å². The molecule has 0 aliphatic carbocycles. The van der Waals surface area contributed by atoms with Gasteiger partial charge in [0.15, 0.2) is 0 Å². The Morgan fingerprint density at radius 3 is 2.43 bits per heavy atom. The van der Waals surface area contributed by atoms with E-state index in [0.717, 1.165) is 6.08 Å². The summed E-state index contributed by atoms with van der Waals surface area (Å²) in [5.74, 6) is -1.09. The smallest absolute Gasteiger partial charge is 0.328 e. The summed E-state index contributed by atoms with van der Waals surface area (Å²) >= 11 is 4.47. The predicted octanol–water partition coefficient (Wildman–Crippen LogP) is 0.324. The van der Waals surface area contributed by atoms with Crippen LogP contribution in [-0.4, -0.2) is 38.6 Å². The van der Waals surface area contributed by atoms with Gasteiger partial charge < -0.3 is 14.9 Å². The molecule has 0 radical (unpaired) electrons. The topological polar surface area (TPSA) is 81.0 Å². The maximum Gasteiger partial charge on any atom is 0.328 e. The lowest BCUT2D eigenvalue weighted by Crippen LogP contribution is -2.20. The van der Waals surface area contributed by atoms with Crippen molar-refractivity contribution < 1.29 is 19.7 Å². The molecule has 0 aromatic rings. The summed E-state index contributed by atoms with van der Waals surface area (Å²) in [6.07, 6.45) is 3.67. The Kier molecular flexibility index (Phi) is 5.83. The first-order valence-corrected chi connectivity index (χ1v) is 6.35. The van der Waals surface area contributed by atoms with Gasteiger partial charge in [0, 0.05) is 19.2 Å². The predicted molar refractivity (Wildman–Crippen MR) is 57.3 cm³/mol. The van der Waals surface area contributed by atoms with Crippen LogP contribution in [0, 0.1) is 0 Å². The molecule has 0 unspecified atom stereocenters. The van der Waals surface area contributed by atoms with Crippen LogP contribution >= 0.6 is 6.64 Å². The molecule has 0 atom stereocenters. The molecule has 14 heavy (non-hydrogen) atoms. The van der Waals surface area contributed by atoms with Gasteiger partial charge in [-0.05, 0) is 11.8 Å². The number of hydrogen-bond donors (Lipinski definition) is 3. The van der Waals surface area contributed by atoms with Crippen molar-refractivity contribution in [2.24, 2.45) is 0 Å². The molecule has 0 aliphatic rings. The van der Waals surface area contributed by atoms with E-state index in [9.17, 15) is 4.79 Å². The molecule has 0 fully saturated rings. The second-order valence-electron chi connectivity index (χ2n) is 2.41. The lowest BCUT2D eigenvalue weighted by molar-refractivity contribution is -0.131. The summed E-state index contributed by atoms with van der Waals surface area (Å²) in [4.78, 5) is 28.4. The zero-order valence-electron chi connectivity index (χ0n) is 7.41. The third-order valence-corrected chi connectivity index (χ3v) is 3.04. The third kappa shape index (κ3) is 6.01. The number of aliphatic carboxylic acids is 1. The standard InChI is InChI=1S/C7H12NO4PS/c1-2-5-8(13(11,12)14)6-3-4-7(9)10/h2-4H,1,5-6H2,(H,9,10)(H2,11,12,14). The molecule has 3 N–H and O–H groups in total. The van der Waals surface area contributed by atoms with Crippen LogP contribution in [0.2, 0.25) is 0 Å². The van der Waals surface area contributed by atoms with Crippen LogP contribution in [0.5, 0.6) is 0 Å². The summed E-state index contributed by atoms with van der Waals surface area (Å²) in [6.45, 7) is 0.198. The Labute approximate surface area is 87.2 Å². The lowest BCUT2D eigenvalue weighted by Gasteiger charge is -2.22. The fourth-order valence-corrected chi connectivity index (χ4v) is 1.75. The van der Waals surface area contributed by atoms with Crippen molar-refractivity contribution in [3.05, 3.63) is 24.8 Å². The maximum absolute atomic E-state index is 10.1. The van der Waals surface area contributed by atoms with Crippen molar-refractivity contribution in [2.45, 2.75) is 0 Å². The molecule has 0 saturated carbocycles. The summed E-state index contributed by atoms with van der Waals surface area (Å²) in [6, 6.07) is 0. The van der Waals surface area contributed by atoms with Crippen LogP contribution in [0.15, 0.2) is 24.8 Å². The van der Waals surface area contributed by atoms with Crippen LogP contribution in [0.3, 0.4) is 0 Å². The summed E-state index contributed by atoms with van der Waals surface area (Å²) in [7, 11) is 0. The lowest BCUT2D eigenvalue weighted by atomic mass is 10.5. The highest BCUT2D eigenvalue weighted by molar-refractivity contribution is 8.07. The van der Waals surface area contributed by atoms with Crippen molar-refractivity contribution in [3.63, 3.8) is 0 Å². The maximum atomic E-state index is 10.1. The molecule has 0 saturated heterocycles. The molecular formula is C7H12NO4PS. The zero-order chi connectivity index (χ0) is 11.2. The minimum Gasteiger partial charge on any atom is -0.478 e. The molecule has 0 bridgehead atoms. The number of carboxylic acid groups (broad SMARTS) is 1. The second kappa shape index (κ2) is 6.06. The largest absolute Gasteiger partial charge is 0.478 e. The first kappa shape index (κ1) is 13.5. The average molecular weight is 237 g/mol. The van der Waals surface area contributed by atoms with Gasteiger partial charge >= 0.3 is 5.97 Å². The summed E-state index contributed by atoms with van der Waals surface area (Å²) in [5.41, 5.74) is 0. The molecule has 80 valence electrons. The second-order valence-corrected chi connectivity index (χ2v) is 5.48. The van der Waals surface area contributed by atoms with Gasteiger partial charge in [0.2, 0.25) is 0 Å². The van der Waals surface area contributed by atoms with E-state index in [-0.39, 0.29) is 13.1 Å². The van der Waals surface area contributed by atoms with Crippen molar-refractivity contribution in [1.29, 1.82) is 0 Å². The van der Waals surface area contributed by atoms with Gasteiger partial charge in [0.05, 0.1) is 0 Å². The van der Waals surface area contributed by atoms with Crippen molar-refractivity contribution >= 4 is 24.4 Å². The van der Waals surface area contributed by atoms with Crippen LogP contribution in [-0.2, 0) is 16.6 Å². The van der Waals surface area contributed by atoms with Gasteiger partial charge in [-0.25, -0.2) is 9.46 Å². The van der Waals surface area contributed by atoms with E-state index < -0.39 is 12.6 Å². The Morgan fingerprint density at radius 2 is 2.07 bits per heavy atom. The molecule has 0 spiro atoms. The Balaban J connectivity index is 4.32. The van der Waals surface area contributed by atoms with E-state index in [4.69, 9.17) is 14.9 Å². The number of carbonyl (C=O) groups is 1. The third-order valence-electron chi connectivity index (χ3n) is 1.28. The quantitative estimate of drug-likeness (QED) is 0.351. The van der Waals surface area contributed by atoms with E-state index in [2.05, 4.69) is 18.4 Å². The summed E-state index contributed by atoms with van der Waals surface area (Å²) in [5, 5.41) is 8.29. The van der Waals surface area contributed by atoms with E-state index in [0.29, 0.717) is 0 Å². The van der Waals surface area contributed by atoms with Crippen molar-refractivity contribution in [1.82, 2.24) is 4.67 Å². The molecule has 0 rings (SSSR count). The number of nitrogens with zero attached hydrogens (tertiary/aromatic N) is 1. The average Bonchev–Trinajstić information content (AvgIpc) is 2.00. The first-order chi connectivity index (χ1) is 6.38. The molecule has 0 aromatic carbocycles. The van der Waals surface area contributed by atoms with Crippen LogP contribution < -0.4 is 0 Å². The Bertz CT molecular complexity index is 285. The van der Waals surface area contributed by atoms with Gasteiger partial charge in [-0.3, -0.25) is 0 Å². The van der Waals surface area contributed by atoms with E-state index in [1.807, 2.05) is 0 Å². The van der Waals surface area contributed by atoms with E-state index in [1.165, 1.54) is 16.8 Å². The highest BCUT2D eigenvalue weighted by Gasteiger charge is 2.17. The SMILES string of the molecule is C=CCN(CC=CC(=O)O)P(O)(O)=S. The molecular weight excluding hydrogens is 225 g/mol. The monoisotopic (exact) mass is 237 g/mol. The molecule has 0 aliphatic heterocycles. The molecule has 7 heteroatoms. The fourth-order valence-electron chi connectivity index (χ4n) is 0.711.